The molecule has 0 aromatic heterocycles. The van der Waals surface area contributed by atoms with Gasteiger partial charge in [-0.05, 0) is 30.4 Å². The zero-order valence-corrected chi connectivity index (χ0v) is 14.0. The molecule has 1 aromatic carbocycles. The molecule has 0 spiro atoms. The maximum atomic E-state index is 6.04. The standard InChI is InChI=1S/C16H25BrO2/c1-13(2)14-6-8-15(9-7-14)16(3,12-17)19-11-5-10-18-4/h6-9,13H,5,10-12H2,1-4H3. The highest BCUT2D eigenvalue weighted by Gasteiger charge is 2.26. The third-order valence-corrected chi connectivity index (χ3v) is 4.43. The molecular weight excluding hydrogens is 304 g/mol. The highest BCUT2D eigenvalue weighted by Crippen LogP contribution is 2.29. The molecule has 0 N–H and O–H groups in total. The number of methoxy groups -OCH3 is 1. The Hall–Kier alpha value is -0.380. The normalized spacial score (nSPS) is 14.6. The van der Waals surface area contributed by atoms with Crippen molar-refractivity contribution in [1.29, 1.82) is 0 Å². The second-order valence-corrected chi connectivity index (χ2v) is 5.90. The van der Waals surface area contributed by atoms with Crippen LogP contribution in [0.4, 0.5) is 0 Å². The van der Waals surface area contributed by atoms with Gasteiger partial charge >= 0.3 is 0 Å². The van der Waals surface area contributed by atoms with Crippen molar-refractivity contribution in [2.45, 2.75) is 38.7 Å². The van der Waals surface area contributed by atoms with E-state index in [-0.39, 0.29) is 5.60 Å². The van der Waals surface area contributed by atoms with Crippen LogP contribution in [-0.4, -0.2) is 25.7 Å². The maximum Gasteiger partial charge on any atom is 0.0999 e. The first-order valence-corrected chi connectivity index (χ1v) is 7.95. The molecule has 3 heteroatoms. The Morgan fingerprint density at radius 3 is 2.26 bits per heavy atom. The number of benzene rings is 1. The first-order chi connectivity index (χ1) is 9.03. The summed E-state index contributed by atoms with van der Waals surface area (Å²) in [6, 6.07) is 8.73. The minimum absolute atomic E-state index is 0.275. The van der Waals surface area contributed by atoms with Crippen molar-refractivity contribution in [2.75, 3.05) is 25.7 Å². The Morgan fingerprint density at radius 2 is 1.79 bits per heavy atom. The summed E-state index contributed by atoms with van der Waals surface area (Å²) in [5.41, 5.74) is 2.30. The fourth-order valence-electron chi connectivity index (χ4n) is 1.92. The monoisotopic (exact) mass is 328 g/mol. The summed E-state index contributed by atoms with van der Waals surface area (Å²) >= 11 is 3.57. The van der Waals surface area contributed by atoms with Crippen molar-refractivity contribution in [1.82, 2.24) is 0 Å². The molecule has 0 aliphatic carbocycles. The van der Waals surface area contributed by atoms with Gasteiger partial charge in [-0.1, -0.05) is 54.0 Å². The van der Waals surface area contributed by atoms with Gasteiger partial charge in [0.15, 0.2) is 0 Å². The minimum atomic E-state index is -0.275. The Morgan fingerprint density at radius 1 is 1.16 bits per heavy atom. The van der Waals surface area contributed by atoms with Gasteiger partial charge in [-0.3, -0.25) is 0 Å². The topological polar surface area (TPSA) is 18.5 Å². The molecule has 108 valence electrons. The highest BCUT2D eigenvalue weighted by molar-refractivity contribution is 9.09. The quantitative estimate of drug-likeness (QED) is 0.517. The Labute approximate surface area is 125 Å². The van der Waals surface area contributed by atoms with Gasteiger partial charge in [0.05, 0.1) is 5.60 Å². The molecule has 1 rings (SSSR count). The van der Waals surface area contributed by atoms with E-state index in [4.69, 9.17) is 9.47 Å². The lowest BCUT2D eigenvalue weighted by Crippen LogP contribution is -2.28. The summed E-state index contributed by atoms with van der Waals surface area (Å²) in [5.74, 6) is 0.562. The number of hydrogen-bond acceptors (Lipinski definition) is 2. The zero-order chi connectivity index (χ0) is 14.3. The van der Waals surface area contributed by atoms with Crippen LogP contribution in [-0.2, 0) is 15.1 Å². The molecule has 0 saturated carbocycles. The van der Waals surface area contributed by atoms with Crippen LogP contribution >= 0.6 is 15.9 Å². The van der Waals surface area contributed by atoms with Gasteiger partial charge in [-0.2, -0.15) is 0 Å². The summed E-state index contributed by atoms with van der Waals surface area (Å²) in [5, 5.41) is 0.786. The Bertz CT molecular complexity index is 362. The molecule has 0 saturated heterocycles. The van der Waals surface area contributed by atoms with Crippen LogP contribution in [0.2, 0.25) is 0 Å². The van der Waals surface area contributed by atoms with E-state index in [0.29, 0.717) is 12.5 Å². The molecule has 1 unspecified atom stereocenters. The largest absolute Gasteiger partial charge is 0.385 e. The van der Waals surface area contributed by atoms with Crippen molar-refractivity contribution >= 4 is 15.9 Å². The number of ether oxygens (including phenoxy) is 2. The molecule has 0 radical (unpaired) electrons. The lowest BCUT2D eigenvalue weighted by Gasteiger charge is -2.29. The van der Waals surface area contributed by atoms with E-state index >= 15 is 0 Å². The second kappa shape index (κ2) is 8.03. The summed E-state index contributed by atoms with van der Waals surface area (Å²) in [7, 11) is 1.72. The molecule has 0 fully saturated rings. The third-order valence-electron chi connectivity index (χ3n) is 3.36. The summed E-state index contributed by atoms with van der Waals surface area (Å²) in [6.45, 7) is 7.99. The van der Waals surface area contributed by atoms with Crippen molar-refractivity contribution in [3.63, 3.8) is 0 Å². The van der Waals surface area contributed by atoms with Gasteiger partial charge in [0, 0.05) is 25.7 Å². The molecule has 19 heavy (non-hydrogen) atoms. The number of hydrogen-bond donors (Lipinski definition) is 0. The van der Waals surface area contributed by atoms with Crippen molar-refractivity contribution in [3.05, 3.63) is 35.4 Å². The molecule has 0 bridgehead atoms. The molecular formula is C16H25BrO2. The summed E-state index contributed by atoms with van der Waals surface area (Å²) in [6.07, 6.45) is 0.920. The molecule has 0 aliphatic rings. The van der Waals surface area contributed by atoms with Crippen LogP contribution in [0, 0.1) is 0 Å². The SMILES string of the molecule is COCCCOC(C)(CBr)c1ccc(C(C)C)cc1. The third kappa shape index (κ3) is 4.90. The molecule has 0 aliphatic heterocycles. The first kappa shape index (κ1) is 16.7. The van der Waals surface area contributed by atoms with E-state index in [1.807, 2.05) is 0 Å². The predicted octanol–water partition coefficient (Wildman–Crippen LogP) is 4.47. The molecule has 1 aromatic rings. The van der Waals surface area contributed by atoms with E-state index in [9.17, 15) is 0 Å². The zero-order valence-electron chi connectivity index (χ0n) is 12.4. The average molecular weight is 329 g/mol. The van der Waals surface area contributed by atoms with Crippen LogP contribution in [0.3, 0.4) is 0 Å². The lowest BCUT2D eigenvalue weighted by atomic mass is 9.94. The average Bonchev–Trinajstić information content (AvgIpc) is 2.43. The first-order valence-electron chi connectivity index (χ1n) is 6.83. The maximum absolute atomic E-state index is 6.04. The van der Waals surface area contributed by atoms with Crippen LogP contribution in [0.5, 0.6) is 0 Å². The van der Waals surface area contributed by atoms with Crippen molar-refractivity contribution in [2.24, 2.45) is 0 Å². The molecule has 1 atom stereocenters. The fourth-order valence-corrected chi connectivity index (χ4v) is 2.41. The van der Waals surface area contributed by atoms with Crippen LogP contribution < -0.4 is 0 Å². The Balaban J connectivity index is 2.71. The van der Waals surface area contributed by atoms with Crippen molar-refractivity contribution in [3.8, 4) is 0 Å². The molecule has 0 amide bonds. The van der Waals surface area contributed by atoms with E-state index in [2.05, 4.69) is 61.0 Å². The van der Waals surface area contributed by atoms with Gasteiger partial charge < -0.3 is 9.47 Å². The molecule has 2 nitrogen and oxygen atoms in total. The van der Waals surface area contributed by atoms with E-state index in [1.165, 1.54) is 11.1 Å². The van der Waals surface area contributed by atoms with Crippen LogP contribution in [0.15, 0.2) is 24.3 Å². The summed E-state index contributed by atoms with van der Waals surface area (Å²) in [4.78, 5) is 0. The second-order valence-electron chi connectivity index (χ2n) is 5.34. The van der Waals surface area contributed by atoms with E-state index in [0.717, 1.165) is 18.4 Å². The van der Waals surface area contributed by atoms with Gasteiger partial charge in [0.25, 0.3) is 0 Å². The van der Waals surface area contributed by atoms with Gasteiger partial charge in [0.2, 0.25) is 0 Å². The van der Waals surface area contributed by atoms with E-state index in [1.54, 1.807) is 7.11 Å². The summed E-state index contributed by atoms with van der Waals surface area (Å²) < 4.78 is 11.1. The van der Waals surface area contributed by atoms with Crippen molar-refractivity contribution < 1.29 is 9.47 Å². The van der Waals surface area contributed by atoms with Crippen LogP contribution in [0.25, 0.3) is 0 Å². The van der Waals surface area contributed by atoms with Gasteiger partial charge in [-0.25, -0.2) is 0 Å². The number of alkyl halides is 1. The van der Waals surface area contributed by atoms with Gasteiger partial charge in [-0.15, -0.1) is 0 Å². The van der Waals surface area contributed by atoms with Gasteiger partial charge in [0.1, 0.15) is 0 Å². The predicted molar refractivity (Wildman–Crippen MR) is 84.1 cm³/mol. The minimum Gasteiger partial charge on any atom is -0.385 e. The fraction of sp³-hybridized carbons (Fsp3) is 0.625. The van der Waals surface area contributed by atoms with E-state index < -0.39 is 0 Å². The lowest BCUT2D eigenvalue weighted by molar-refractivity contribution is -0.0241. The Kier molecular flexibility index (Phi) is 7.05. The van der Waals surface area contributed by atoms with Crippen LogP contribution in [0.1, 0.15) is 44.2 Å². The highest BCUT2D eigenvalue weighted by atomic mass is 79.9. The molecule has 0 heterocycles. The number of halogens is 1. The smallest absolute Gasteiger partial charge is 0.0999 e. The number of rotatable bonds is 8.